The van der Waals surface area contributed by atoms with Crippen molar-refractivity contribution in [1.29, 1.82) is 0 Å². The summed E-state index contributed by atoms with van der Waals surface area (Å²) in [5.41, 5.74) is 0.690. The SMILES string of the molecule is C1CCC(OC2CCNCC2)CC1.C=CN1CCC2(CC1)CN(CC)C2.CC. The van der Waals surface area contributed by atoms with Gasteiger partial charge in [0.1, 0.15) is 0 Å². The molecule has 0 atom stereocenters. The second-order valence-corrected chi connectivity index (χ2v) is 8.87. The summed E-state index contributed by atoms with van der Waals surface area (Å²) in [6, 6.07) is 0. The summed E-state index contributed by atoms with van der Waals surface area (Å²) < 4.78 is 6.09. The lowest BCUT2D eigenvalue weighted by Gasteiger charge is -2.53. The Kier molecular flexibility index (Phi) is 10.9. The Morgan fingerprint density at radius 2 is 1.54 bits per heavy atom. The van der Waals surface area contributed by atoms with Gasteiger partial charge in [-0.1, -0.05) is 46.6 Å². The summed E-state index contributed by atoms with van der Waals surface area (Å²) in [6.07, 6.45) is 15.1. The summed E-state index contributed by atoms with van der Waals surface area (Å²) in [5.74, 6) is 0. The quantitative estimate of drug-likeness (QED) is 0.752. The average Bonchev–Trinajstić information content (AvgIpc) is 2.75. The molecule has 3 heterocycles. The number of nitrogens with one attached hydrogen (secondary N) is 1. The smallest absolute Gasteiger partial charge is 0.0603 e. The molecule has 0 radical (unpaired) electrons. The monoisotopic (exact) mass is 393 g/mol. The van der Waals surface area contributed by atoms with Gasteiger partial charge in [-0.2, -0.15) is 0 Å². The van der Waals surface area contributed by atoms with Gasteiger partial charge in [0.15, 0.2) is 0 Å². The van der Waals surface area contributed by atoms with Crippen LogP contribution in [0.3, 0.4) is 0 Å². The predicted molar refractivity (Wildman–Crippen MR) is 121 cm³/mol. The minimum atomic E-state index is 0.560. The van der Waals surface area contributed by atoms with E-state index in [1.165, 1.54) is 90.5 Å². The molecule has 4 fully saturated rings. The van der Waals surface area contributed by atoms with Crippen molar-refractivity contribution in [3.63, 3.8) is 0 Å². The minimum absolute atomic E-state index is 0.560. The van der Waals surface area contributed by atoms with Crippen molar-refractivity contribution in [3.8, 4) is 0 Å². The number of nitrogens with zero attached hydrogens (tertiary/aromatic N) is 2. The third kappa shape index (κ3) is 7.35. The highest BCUT2D eigenvalue weighted by molar-refractivity contribution is 4.98. The third-order valence-corrected chi connectivity index (χ3v) is 6.91. The van der Waals surface area contributed by atoms with Crippen molar-refractivity contribution in [1.82, 2.24) is 15.1 Å². The highest BCUT2D eigenvalue weighted by atomic mass is 16.5. The topological polar surface area (TPSA) is 27.7 Å². The first kappa shape index (κ1) is 23.7. The molecule has 4 nitrogen and oxygen atoms in total. The van der Waals surface area contributed by atoms with E-state index in [-0.39, 0.29) is 0 Å². The molecular weight excluding hydrogens is 346 g/mol. The molecule has 0 bridgehead atoms. The Bertz CT molecular complexity index is 384. The molecule has 0 unspecified atom stereocenters. The van der Waals surface area contributed by atoms with E-state index in [1.54, 1.807) is 0 Å². The maximum absolute atomic E-state index is 6.09. The standard InChI is InChI=1S/C11H20N2.C11H21NO.C2H6/c1-3-12-7-5-11(6-8-12)9-13(4-2)10-11;1-2-4-10(5-3-1)13-11-6-8-12-9-7-11;1-2/h3H,1,4-10H2,2H3;10-12H,1-9H2;1-2H3. The summed E-state index contributed by atoms with van der Waals surface area (Å²) in [6.45, 7) is 18.7. The third-order valence-electron chi connectivity index (χ3n) is 6.91. The van der Waals surface area contributed by atoms with E-state index in [4.69, 9.17) is 4.74 Å². The first-order valence-corrected chi connectivity index (χ1v) is 12.2. The van der Waals surface area contributed by atoms with Gasteiger partial charge in [-0.25, -0.2) is 0 Å². The molecule has 164 valence electrons. The Labute approximate surface area is 175 Å². The number of hydrogen-bond donors (Lipinski definition) is 1. The van der Waals surface area contributed by atoms with Crippen LogP contribution in [0.4, 0.5) is 0 Å². The summed E-state index contributed by atoms with van der Waals surface area (Å²) in [4.78, 5) is 4.89. The maximum atomic E-state index is 6.09. The van der Waals surface area contributed by atoms with Gasteiger partial charge >= 0.3 is 0 Å². The van der Waals surface area contributed by atoms with E-state index in [0.29, 0.717) is 17.6 Å². The van der Waals surface area contributed by atoms with Gasteiger partial charge in [0.05, 0.1) is 12.2 Å². The van der Waals surface area contributed by atoms with Crippen LogP contribution in [0.2, 0.25) is 0 Å². The Hall–Kier alpha value is -0.580. The van der Waals surface area contributed by atoms with Gasteiger partial charge in [-0.3, -0.25) is 0 Å². The predicted octanol–water partition coefficient (Wildman–Crippen LogP) is 4.66. The van der Waals surface area contributed by atoms with Crippen molar-refractivity contribution >= 4 is 0 Å². The molecule has 28 heavy (non-hydrogen) atoms. The van der Waals surface area contributed by atoms with Crippen LogP contribution in [0.15, 0.2) is 12.8 Å². The van der Waals surface area contributed by atoms with Crippen LogP contribution in [-0.4, -0.2) is 67.8 Å². The molecule has 0 amide bonds. The Morgan fingerprint density at radius 3 is 2.07 bits per heavy atom. The first-order chi connectivity index (χ1) is 13.7. The largest absolute Gasteiger partial charge is 0.378 e. The Morgan fingerprint density at radius 1 is 0.964 bits per heavy atom. The van der Waals surface area contributed by atoms with Crippen LogP contribution < -0.4 is 5.32 Å². The molecule has 1 N–H and O–H groups in total. The lowest BCUT2D eigenvalue weighted by atomic mass is 9.72. The number of piperidine rings is 2. The molecule has 1 spiro atoms. The van der Waals surface area contributed by atoms with Gasteiger partial charge in [-0.05, 0) is 69.8 Å². The summed E-state index contributed by atoms with van der Waals surface area (Å²) in [5, 5.41) is 3.37. The number of rotatable bonds is 4. The van der Waals surface area contributed by atoms with Gasteiger partial charge in [-0.15, -0.1) is 0 Å². The number of hydrogen-bond acceptors (Lipinski definition) is 4. The molecule has 0 aromatic heterocycles. The van der Waals surface area contributed by atoms with E-state index in [2.05, 4.69) is 28.6 Å². The van der Waals surface area contributed by atoms with Crippen LogP contribution in [0.25, 0.3) is 0 Å². The molecule has 0 aromatic carbocycles. The van der Waals surface area contributed by atoms with Crippen molar-refractivity contribution < 1.29 is 4.74 Å². The average molecular weight is 394 g/mol. The second kappa shape index (κ2) is 12.9. The van der Waals surface area contributed by atoms with Crippen LogP contribution in [-0.2, 0) is 4.74 Å². The zero-order valence-corrected chi connectivity index (χ0v) is 19.1. The van der Waals surface area contributed by atoms with Crippen LogP contribution >= 0.6 is 0 Å². The Balaban J connectivity index is 0.000000184. The molecule has 4 rings (SSSR count). The van der Waals surface area contributed by atoms with Crippen LogP contribution in [0.5, 0.6) is 0 Å². The molecule has 4 heteroatoms. The van der Waals surface area contributed by atoms with E-state index in [9.17, 15) is 0 Å². The molecule has 4 aliphatic rings. The second-order valence-electron chi connectivity index (χ2n) is 8.87. The van der Waals surface area contributed by atoms with Crippen LogP contribution in [0.1, 0.15) is 78.6 Å². The molecule has 3 aliphatic heterocycles. The zero-order valence-electron chi connectivity index (χ0n) is 19.1. The van der Waals surface area contributed by atoms with E-state index >= 15 is 0 Å². The molecule has 1 aliphatic carbocycles. The minimum Gasteiger partial charge on any atom is -0.378 e. The lowest BCUT2D eigenvalue weighted by molar-refractivity contribution is -0.0419. The van der Waals surface area contributed by atoms with Gasteiger partial charge < -0.3 is 19.9 Å². The van der Waals surface area contributed by atoms with Gasteiger partial charge in [0.25, 0.3) is 0 Å². The lowest BCUT2D eigenvalue weighted by Crippen LogP contribution is -2.59. The number of ether oxygens (including phenoxy) is 1. The molecular formula is C24H47N3O. The number of likely N-dealkylation sites (tertiary alicyclic amines) is 2. The zero-order chi connectivity index (χ0) is 20.2. The fraction of sp³-hybridized carbons (Fsp3) is 0.917. The fourth-order valence-electron chi connectivity index (χ4n) is 5.03. The highest BCUT2D eigenvalue weighted by Gasteiger charge is 2.43. The first-order valence-electron chi connectivity index (χ1n) is 12.2. The molecule has 1 saturated carbocycles. The van der Waals surface area contributed by atoms with Crippen molar-refractivity contribution in [2.45, 2.75) is 90.8 Å². The summed E-state index contributed by atoms with van der Waals surface area (Å²) in [7, 11) is 0. The van der Waals surface area contributed by atoms with Crippen molar-refractivity contribution in [2.75, 3.05) is 45.8 Å². The maximum Gasteiger partial charge on any atom is 0.0603 e. The molecule has 3 saturated heterocycles. The van der Waals surface area contributed by atoms with Gasteiger partial charge in [0.2, 0.25) is 0 Å². The normalized spacial score (nSPS) is 25.8. The van der Waals surface area contributed by atoms with Crippen molar-refractivity contribution in [2.24, 2.45) is 5.41 Å². The highest BCUT2D eigenvalue weighted by Crippen LogP contribution is 2.40. The van der Waals surface area contributed by atoms with Crippen LogP contribution in [0, 0.1) is 5.41 Å². The van der Waals surface area contributed by atoms with Crippen molar-refractivity contribution in [3.05, 3.63) is 12.8 Å². The van der Waals surface area contributed by atoms with E-state index < -0.39 is 0 Å². The van der Waals surface area contributed by atoms with Gasteiger partial charge in [0, 0.05) is 26.2 Å². The summed E-state index contributed by atoms with van der Waals surface area (Å²) >= 11 is 0. The molecule has 0 aromatic rings. The fourth-order valence-corrected chi connectivity index (χ4v) is 5.03. The van der Waals surface area contributed by atoms with E-state index in [1.807, 2.05) is 20.0 Å². The van der Waals surface area contributed by atoms with E-state index in [0.717, 1.165) is 13.1 Å².